The summed E-state index contributed by atoms with van der Waals surface area (Å²) in [7, 11) is 0. The van der Waals surface area contributed by atoms with Gasteiger partial charge in [-0.3, -0.25) is 19.4 Å². The fourth-order valence-electron chi connectivity index (χ4n) is 7.16. The number of benzene rings is 2. The van der Waals surface area contributed by atoms with Crippen molar-refractivity contribution in [1.29, 1.82) is 0 Å². The summed E-state index contributed by atoms with van der Waals surface area (Å²) in [6.45, 7) is 8.54. The molecule has 0 aliphatic carbocycles. The zero-order chi connectivity index (χ0) is 43.4. The smallest absolute Gasteiger partial charge is 0.407 e. The molecule has 324 valence electrons. The third-order valence-electron chi connectivity index (χ3n) is 10.3. The van der Waals surface area contributed by atoms with E-state index in [0.29, 0.717) is 104 Å². The molecule has 1 aromatic heterocycles. The standard InChI is InChI=1S/C42H55Br2N9O7/c1-42(2,3)60-41(59)47-15-7-6-10-34(39(57)52-22-20-51(21-23-52)29-11-16-46-17-12-29)49-38(56)35(26-27-24-31(43)36(54)32(44)25-27)50-40(58)53-18-13-28(14-19-53)48-33-9-5-4-8-30(33)37(45)55/h4-5,8-9,11-12,16-17,24-25,28,34-35,48,54H,6-7,10,13-15,18-23,26H2,1-3H3,(H2,45,55)(H,47,59)(H,49,56)(H,50,58)/t34-,35+/m0/s1. The number of pyridine rings is 1. The lowest BCUT2D eigenvalue weighted by molar-refractivity contribution is -0.137. The lowest BCUT2D eigenvalue weighted by Crippen LogP contribution is -2.59. The molecule has 60 heavy (non-hydrogen) atoms. The average molecular weight is 958 g/mol. The van der Waals surface area contributed by atoms with Crippen LogP contribution < -0.4 is 31.9 Å². The molecule has 0 spiro atoms. The second-order valence-electron chi connectivity index (χ2n) is 15.9. The van der Waals surface area contributed by atoms with Crippen LogP contribution in [0, 0.1) is 0 Å². The van der Waals surface area contributed by atoms with Crippen LogP contribution in [0.25, 0.3) is 0 Å². The number of carbonyl (C=O) groups is 5. The first-order valence-corrected chi connectivity index (χ1v) is 21.7. The van der Waals surface area contributed by atoms with Gasteiger partial charge in [-0.1, -0.05) is 12.1 Å². The maximum atomic E-state index is 14.4. The molecule has 0 saturated carbocycles. The van der Waals surface area contributed by atoms with Gasteiger partial charge in [0.15, 0.2) is 0 Å². The van der Waals surface area contributed by atoms with E-state index in [-0.39, 0.29) is 24.1 Å². The van der Waals surface area contributed by atoms with Crippen molar-refractivity contribution in [3.8, 4) is 5.75 Å². The summed E-state index contributed by atoms with van der Waals surface area (Å²) < 4.78 is 6.15. The number of unbranched alkanes of at least 4 members (excludes halogenated alkanes) is 1. The number of ether oxygens (including phenoxy) is 1. The lowest BCUT2D eigenvalue weighted by atomic mass is 10.0. The van der Waals surface area contributed by atoms with Crippen molar-refractivity contribution in [1.82, 2.24) is 30.7 Å². The molecule has 16 nitrogen and oxygen atoms in total. The van der Waals surface area contributed by atoms with Crippen LogP contribution in [0.3, 0.4) is 0 Å². The number of nitrogens with two attached hydrogens (primary N) is 1. The fraction of sp³-hybridized carbons (Fsp3) is 0.476. The summed E-state index contributed by atoms with van der Waals surface area (Å²) in [5, 5.41) is 22.4. The Hall–Kier alpha value is -5.10. The van der Waals surface area contributed by atoms with Crippen LogP contribution in [0.2, 0.25) is 0 Å². The minimum absolute atomic E-state index is 0.00503. The number of nitrogens with zero attached hydrogens (tertiary/aromatic N) is 4. The first-order chi connectivity index (χ1) is 28.6. The number of primary amides is 1. The van der Waals surface area contributed by atoms with E-state index in [4.69, 9.17) is 10.5 Å². The third kappa shape index (κ3) is 13.5. The Kier molecular flexibility index (Phi) is 16.4. The number of hydrogen-bond donors (Lipinski definition) is 6. The summed E-state index contributed by atoms with van der Waals surface area (Å²) in [6.07, 6.45) is 5.49. The number of piperazine rings is 1. The monoisotopic (exact) mass is 955 g/mol. The van der Waals surface area contributed by atoms with E-state index < -0.39 is 41.6 Å². The molecule has 5 rings (SSSR count). The summed E-state index contributed by atoms with van der Waals surface area (Å²) in [4.78, 5) is 76.3. The van der Waals surface area contributed by atoms with Crippen molar-refractivity contribution in [3.63, 3.8) is 0 Å². The Morgan fingerprint density at radius 3 is 2.17 bits per heavy atom. The van der Waals surface area contributed by atoms with Crippen molar-refractivity contribution in [2.45, 2.75) is 83.0 Å². The van der Waals surface area contributed by atoms with Crippen LogP contribution in [0.4, 0.5) is 21.0 Å². The number of phenols is 1. The molecule has 18 heteroatoms. The number of amides is 6. The Morgan fingerprint density at radius 2 is 1.53 bits per heavy atom. The second-order valence-corrected chi connectivity index (χ2v) is 17.6. The molecule has 2 aromatic carbocycles. The fourth-order valence-corrected chi connectivity index (χ4v) is 8.44. The van der Waals surface area contributed by atoms with Crippen LogP contribution in [0.1, 0.15) is 68.8 Å². The highest BCUT2D eigenvalue weighted by molar-refractivity contribution is 9.11. The number of phenolic OH excluding ortho intramolecular Hbond substituents is 1. The van der Waals surface area contributed by atoms with E-state index in [9.17, 15) is 29.1 Å². The number of aromatic hydroxyl groups is 1. The Labute approximate surface area is 367 Å². The minimum Gasteiger partial charge on any atom is -0.506 e. The maximum absolute atomic E-state index is 14.4. The van der Waals surface area contributed by atoms with Gasteiger partial charge in [0.1, 0.15) is 23.4 Å². The number of halogens is 2. The maximum Gasteiger partial charge on any atom is 0.407 e. The summed E-state index contributed by atoms with van der Waals surface area (Å²) in [5.74, 6) is -1.31. The van der Waals surface area contributed by atoms with Gasteiger partial charge in [-0.25, -0.2) is 9.59 Å². The van der Waals surface area contributed by atoms with Crippen LogP contribution in [0.15, 0.2) is 69.9 Å². The molecule has 6 amide bonds. The molecule has 2 aliphatic heterocycles. The number of piperidine rings is 1. The van der Waals surface area contributed by atoms with Gasteiger partial charge < -0.3 is 51.5 Å². The van der Waals surface area contributed by atoms with Crippen LogP contribution in [0.5, 0.6) is 5.75 Å². The molecule has 2 fully saturated rings. The van der Waals surface area contributed by atoms with Gasteiger partial charge in [0.2, 0.25) is 11.8 Å². The summed E-state index contributed by atoms with van der Waals surface area (Å²) in [6, 6.07) is 11.8. The number of carbonyl (C=O) groups excluding carboxylic acids is 5. The molecule has 7 N–H and O–H groups in total. The summed E-state index contributed by atoms with van der Waals surface area (Å²) in [5.41, 5.74) is 7.61. The van der Waals surface area contributed by atoms with Gasteiger partial charge in [0.25, 0.3) is 5.91 Å². The molecule has 0 bridgehead atoms. The Bertz CT molecular complexity index is 1950. The first-order valence-electron chi connectivity index (χ1n) is 20.2. The highest BCUT2D eigenvalue weighted by atomic mass is 79.9. The average Bonchev–Trinajstić information content (AvgIpc) is 3.21. The SMILES string of the molecule is CC(C)(C)OC(=O)NCCCC[C@H](NC(=O)[C@@H](Cc1cc(Br)c(O)c(Br)c1)NC(=O)N1CCC(Nc2ccccc2C(N)=O)CC1)C(=O)N1CCN(c2ccncc2)CC1. The van der Waals surface area contributed by atoms with E-state index in [2.05, 4.69) is 63.0 Å². The van der Waals surface area contributed by atoms with Crippen LogP contribution in [-0.2, 0) is 20.7 Å². The number of likely N-dealkylation sites (tertiary alicyclic amines) is 1. The van der Waals surface area contributed by atoms with Crippen molar-refractivity contribution >= 4 is 73.1 Å². The third-order valence-corrected chi connectivity index (χ3v) is 11.5. The number of para-hydroxylation sites is 1. The van der Waals surface area contributed by atoms with Gasteiger partial charge in [-0.2, -0.15) is 0 Å². The largest absolute Gasteiger partial charge is 0.506 e. The topological polar surface area (TPSA) is 212 Å². The number of alkyl carbamates (subject to hydrolysis) is 1. The lowest BCUT2D eigenvalue weighted by Gasteiger charge is -2.38. The summed E-state index contributed by atoms with van der Waals surface area (Å²) >= 11 is 6.73. The Morgan fingerprint density at radius 1 is 0.883 bits per heavy atom. The number of aromatic nitrogens is 1. The number of urea groups is 1. The van der Waals surface area contributed by atoms with Gasteiger partial charge in [0, 0.05) is 82.0 Å². The molecule has 0 radical (unpaired) electrons. The van der Waals surface area contributed by atoms with Crippen molar-refractivity contribution in [2.75, 3.05) is 56.0 Å². The molecule has 3 aromatic rings. The number of hydrogen-bond acceptors (Lipinski definition) is 10. The molecule has 2 aliphatic rings. The van der Waals surface area contributed by atoms with Crippen molar-refractivity contribution in [2.24, 2.45) is 5.73 Å². The van der Waals surface area contributed by atoms with Crippen LogP contribution in [-0.4, -0.2) is 119 Å². The number of rotatable bonds is 15. The van der Waals surface area contributed by atoms with E-state index in [1.54, 1.807) is 73.3 Å². The first kappa shape index (κ1) is 46.0. The highest BCUT2D eigenvalue weighted by Crippen LogP contribution is 2.34. The molecule has 3 heterocycles. The molecule has 0 unspecified atom stereocenters. The van der Waals surface area contributed by atoms with Crippen LogP contribution >= 0.6 is 31.9 Å². The van der Waals surface area contributed by atoms with Gasteiger partial charge in [-0.05, 0) is 127 Å². The quantitative estimate of drug-likeness (QED) is 0.111. The molecule has 2 atom stereocenters. The van der Waals surface area contributed by atoms with Gasteiger partial charge in [0.05, 0.1) is 14.5 Å². The minimum atomic E-state index is -1.09. The van der Waals surface area contributed by atoms with E-state index in [1.165, 1.54) is 0 Å². The van der Waals surface area contributed by atoms with E-state index >= 15 is 0 Å². The van der Waals surface area contributed by atoms with Crippen molar-refractivity contribution < 1.29 is 33.8 Å². The van der Waals surface area contributed by atoms with E-state index in [1.807, 2.05) is 18.2 Å². The van der Waals surface area contributed by atoms with E-state index in [0.717, 1.165) is 5.69 Å². The second kappa shape index (κ2) is 21.4. The molecular formula is C42H55Br2N9O7. The zero-order valence-corrected chi connectivity index (χ0v) is 37.4. The predicted molar refractivity (Wildman–Crippen MR) is 236 cm³/mol. The predicted octanol–water partition coefficient (Wildman–Crippen LogP) is 5.14. The number of anilines is 2. The number of nitrogens with one attached hydrogen (secondary N) is 4. The van der Waals surface area contributed by atoms with Gasteiger partial charge in [-0.15, -0.1) is 0 Å². The van der Waals surface area contributed by atoms with Crippen molar-refractivity contribution in [3.05, 3.63) is 81.0 Å². The molecule has 2 saturated heterocycles. The van der Waals surface area contributed by atoms with Gasteiger partial charge >= 0.3 is 12.1 Å². The Balaban J connectivity index is 1.28. The zero-order valence-electron chi connectivity index (χ0n) is 34.2. The normalized spacial score (nSPS) is 15.7. The molecular weight excluding hydrogens is 902 g/mol. The highest BCUT2D eigenvalue weighted by Gasteiger charge is 2.33.